The first-order chi connectivity index (χ1) is 6.99. The van der Waals surface area contributed by atoms with Crippen LogP contribution < -0.4 is 4.74 Å². The van der Waals surface area contributed by atoms with E-state index >= 15 is 0 Å². The van der Waals surface area contributed by atoms with E-state index in [0.717, 1.165) is 5.56 Å². The van der Waals surface area contributed by atoms with Crippen molar-refractivity contribution in [2.45, 2.75) is 11.5 Å². The summed E-state index contributed by atoms with van der Waals surface area (Å²) in [6.07, 6.45) is 0. The molecule has 0 aliphatic rings. The topological polar surface area (TPSA) is 52.6 Å². The number of methoxy groups -OCH3 is 2. The molecule has 0 fully saturated rings. The first-order valence-electron chi connectivity index (χ1n) is 4.09. The van der Waals surface area contributed by atoms with Gasteiger partial charge in [-0.25, -0.2) is 8.42 Å². The Morgan fingerprint density at radius 1 is 1.33 bits per heavy atom. The van der Waals surface area contributed by atoms with Gasteiger partial charge in [0.25, 0.3) is 9.05 Å². The number of hydrogen-bond acceptors (Lipinski definition) is 4. The molecule has 0 saturated heterocycles. The zero-order valence-electron chi connectivity index (χ0n) is 8.36. The van der Waals surface area contributed by atoms with Crippen LogP contribution in [-0.4, -0.2) is 22.6 Å². The van der Waals surface area contributed by atoms with Gasteiger partial charge in [-0.1, -0.05) is 6.07 Å². The van der Waals surface area contributed by atoms with Gasteiger partial charge in [-0.15, -0.1) is 0 Å². The van der Waals surface area contributed by atoms with Gasteiger partial charge >= 0.3 is 0 Å². The maximum Gasteiger partial charge on any atom is 0.264 e. The van der Waals surface area contributed by atoms with Crippen LogP contribution in [0.5, 0.6) is 5.75 Å². The highest BCUT2D eigenvalue weighted by Gasteiger charge is 2.16. The lowest BCUT2D eigenvalue weighted by atomic mass is 10.2. The first kappa shape index (κ1) is 12.3. The molecular formula is C9H11ClO4S. The normalized spacial score (nSPS) is 11.4. The van der Waals surface area contributed by atoms with Gasteiger partial charge in [0, 0.05) is 17.8 Å². The van der Waals surface area contributed by atoms with E-state index < -0.39 is 9.05 Å². The van der Waals surface area contributed by atoms with Gasteiger partial charge in [-0.3, -0.25) is 0 Å². The molecule has 0 N–H and O–H groups in total. The van der Waals surface area contributed by atoms with Gasteiger partial charge < -0.3 is 9.47 Å². The van der Waals surface area contributed by atoms with Crippen LogP contribution in [0.25, 0.3) is 0 Å². The van der Waals surface area contributed by atoms with E-state index in [1.807, 2.05) is 0 Å². The van der Waals surface area contributed by atoms with Crippen molar-refractivity contribution in [3.05, 3.63) is 23.8 Å². The summed E-state index contributed by atoms with van der Waals surface area (Å²) in [5.41, 5.74) is 0.720. The Morgan fingerprint density at radius 3 is 2.47 bits per heavy atom. The van der Waals surface area contributed by atoms with Crippen molar-refractivity contribution in [3.8, 4) is 5.75 Å². The molecular weight excluding hydrogens is 240 g/mol. The molecule has 0 aliphatic heterocycles. The molecule has 0 unspecified atom stereocenters. The van der Waals surface area contributed by atoms with E-state index in [0.29, 0.717) is 6.61 Å². The Bertz CT molecular complexity index is 441. The molecule has 0 saturated carbocycles. The Hall–Kier alpha value is -0.780. The minimum absolute atomic E-state index is 0.0405. The highest BCUT2D eigenvalue weighted by Crippen LogP contribution is 2.27. The summed E-state index contributed by atoms with van der Waals surface area (Å²) in [7, 11) is 4.38. The van der Waals surface area contributed by atoms with Crippen molar-refractivity contribution in [1.29, 1.82) is 0 Å². The molecule has 1 aromatic carbocycles. The summed E-state index contributed by atoms with van der Waals surface area (Å²) >= 11 is 0. The summed E-state index contributed by atoms with van der Waals surface area (Å²) in [4.78, 5) is -0.0405. The van der Waals surface area contributed by atoms with E-state index in [-0.39, 0.29) is 10.6 Å². The molecule has 0 amide bonds. The third-order valence-corrected chi connectivity index (χ3v) is 3.14. The molecule has 84 valence electrons. The van der Waals surface area contributed by atoms with Crippen LogP contribution in [-0.2, 0) is 20.4 Å². The first-order valence-corrected chi connectivity index (χ1v) is 6.40. The van der Waals surface area contributed by atoms with E-state index in [4.69, 9.17) is 20.2 Å². The van der Waals surface area contributed by atoms with Crippen molar-refractivity contribution in [1.82, 2.24) is 0 Å². The molecule has 0 bridgehead atoms. The SMILES string of the molecule is COCc1ccc(OC)c(S(=O)(=O)Cl)c1. The smallest absolute Gasteiger partial charge is 0.264 e. The largest absolute Gasteiger partial charge is 0.495 e. The Morgan fingerprint density at radius 2 is 2.00 bits per heavy atom. The second-order valence-electron chi connectivity index (χ2n) is 2.86. The standard InChI is InChI=1S/C9H11ClO4S/c1-13-6-7-3-4-8(14-2)9(5-7)15(10,11)12/h3-5H,6H2,1-2H3. The summed E-state index contributed by atoms with van der Waals surface area (Å²) < 4.78 is 32.2. The summed E-state index contributed by atoms with van der Waals surface area (Å²) in [5.74, 6) is 0.227. The Kier molecular flexibility index (Phi) is 3.96. The number of benzene rings is 1. The van der Waals surface area contributed by atoms with Crippen molar-refractivity contribution < 1.29 is 17.9 Å². The number of halogens is 1. The van der Waals surface area contributed by atoms with Gasteiger partial charge in [0.1, 0.15) is 10.6 Å². The van der Waals surface area contributed by atoms with Crippen LogP contribution in [0.2, 0.25) is 0 Å². The van der Waals surface area contributed by atoms with Crippen molar-refractivity contribution >= 4 is 19.7 Å². The maximum atomic E-state index is 11.2. The molecule has 1 rings (SSSR count). The average Bonchev–Trinajstić information content (AvgIpc) is 2.17. The van der Waals surface area contributed by atoms with Gasteiger partial charge in [-0.05, 0) is 17.7 Å². The molecule has 0 aromatic heterocycles. The van der Waals surface area contributed by atoms with Gasteiger partial charge in [0.05, 0.1) is 13.7 Å². The van der Waals surface area contributed by atoms with Crippen LogP contribution in [0, 0.1) is 0 Å². The highest BCUT2D eigenvalue weighted by atomic mass is 35.7. The van der Waals surface area contributed by atoms with Gasteiger partial charge in [0.2, 0.25) is 0 Å². The molecule has 0 atom stereocenters. The fourth-order valence-electron chi connectivity index (χ4n) is 1.17. The monoisotopic (exact) mass is 250 g/mol. The number of rotatable bonds is 4. The minimum Gasteiger partial charge on any atom is -0.495 e. The third-order valence-electron chi connectivity index (χ3n) is 1.80. The zero-order valence-corrected chi connectivity index (χ0v) is 9.93. The van der Waals surface area contributed by atoms with Crippen molar-refractivity contribution in [3.63, 3.8) is 0 Å². The van der Waals surface area contributed by atoms with Crippen molar-refractivity contribution in [2.75, 3.05) is 14.2 Å². The molecule has 15 heavy (non-hydrogen) atoms. The molecule has 1 aromatic rings. The van der Waals surface area contributed by atoms with E-state index in [1.165, 1.54) is 20.3 Å². The quantitative estimate of drug-likeness (QED) is 0.765. The lowest BCUT2D eigenvalue weighted by molar-refractivity contribution is 0.184. The number of hydrogen-bond donors (Lipinski definition) is 0. The second kappa shape index (κ2) is 4.83. The molecule has 0 radical (unpaired) electrons. The van der Waals surface area contributed by atoms with Gasteiger partial charge in [-0.2, -0.15) is 0 Å². The predicted molar refractivity (Wildman–Crippen MR) is 56.7 cm³/mol. The Balaban J connectivity index is 3.26. The van der Waals surface area contributed by atoms with E-state index in [2.05, 4.69) is 0 Å². The van der Waals surface area contributed by atoms with Crippen molar-refractivity contribution in [2.24, 2.45) is 0 Å². The van der Waals surface area contributed by atoms with Crippen LogP contribution in [0.3, 0.4) is 0 Å². The summed E-state index contributed by atoms with van der Waals surface area (Å²) in [6.45, 7) is 0.323. The summed E-state index contributed by atoms with van der Waals surface area (Å²) in [5, 5.41) is 0. The lowest BCUT2D eigenvalue weighted by Crippen LogP contribution is -1.98. The van der Waals surface area contributed by atoms with Crippen LogP contribution in [0.1, 0.15) is 5.56 Å². The number of ether oxygens (including phenoxy) is 2. The molecule has 6 heteroatoms. The lowest BCUT2D eigenvalue weighted by Gasteiger charge is -2.07. The van der Waals surface area contributed by atoms with E-state index in [1.54, 1.807) is 12.1 Å². The molecule has 4 nitrogen and oxygen atoms in total. The van der Waals surface area contributed by atoms with E-state index in [9.17, 15) is 8.42 Å². The zero-order chi connectivity index (χ0) is 11.5. The molecule has 0 heterocycles. The predicted octanol–water partition coefficient (Wildman–Crippen LogP) is 1.77. The highest BCUT2D eigenvalue weighted by molar-refractivity contribution is 8.13. The molecule has 0 aliphatic carbocycles. The maximum absolute atomic E-state index is 11.2. The average molecular weight is 251 g/mol. The fraction of sp³-hybridized carbons (Fsp3) is 0.333. The minimum atomic E-state index is -3.79. The fourth-order valence-corrected chi connectivity index (χ4v) is 2.21. The summed E-state index contributed by atoms with van der Waals surface area (Å²) in [6, 6.07) is 4.70. The molecule has 0 spiro atoms. The van der Waals surface area contributed by atoms with Gasteiger partial charge in [0.15, 0.2) is 0 Å². The Labute approximate surface area is 93.2 Å². The second-order valence-corrected chi connectivity index (χ2v) is 5.39. The third kappa shape index (κ3) is 3.09. The van der Waals surface area contributed by atoms with Crippen LogP contribution >= 0.6 is 10.7 Å². The van der Waals surface area contributed by atoms with Crippen LogP contribution in [0.4, 0.5) is 0 Å². The van der Waals surface area contributed by atoms with Crippen LogP contribution in [0.15, 0.2) is 23.1 Å².